The molecule has 0 fully saturated rings. The van der Waals surface area contributed by atoms with Crippen LogP contribution >= 0.6 is 0 Å². The van der Waals surface area contributed by atoms with E-state index in [9.17, 15) is 15.3 Å². The Hall–Kier alpha value is -2.40. The van der Waals surface area contributed by atoms with E-state index in [0.717, 1.165) is 28.0 Å². The fourth-order valence-corrected chi connectivity index (χ4v) is 2.68. The van der Waals surface area contributed by atoms with Gasteiger partial charge in [0.2, 0.25) is 0 Å². The lowest BCUT2D eigenvalue weighted by Crippen LogP contribution is -2.18. The van der Waals surface area contributed by atoms with Crippen LogP contribution in [0.25, 0.3) is 5.57 Å². The lowest BCUT2D eigenvalue weighted by molar-refractivity contribution is 0.108. The molecule has 0 heterocycles. The maximum absolute atomic E-state index is 10.0. The van der Waals surface area contributed by atoms with Crippen molar-refractivity contribution in [3.05, 3.63) is 82.9 Å². The van der Waals surface area contributed by atoms with Crippen LogP contribution in [0.2, 0.25) is 0 Å². The van der Waals surface area contributed by atoms with Gasteiger partial charge >= 0.3 is 0 Å². The van der Waals surface area contributed by atoms with Gasteiger partial charge in [0.25, 0.3) is 0 Å². The second-order valence-electron chi connectivity index (χ2n) is 7.16. The van der Waals surface area contributed by atoms with Crippen molar-refractivity contribution in [3.63, 3.8) is 0 Å². The Labute approximate surface area is 167 Å². The Morgan fingerprint density at radius 2 is 1.82 bits per heavy atom. The second-order valence-corrected chi connectivity index (χ2v) is 7.16. The summed E-state index contributed by atoms with van der Waals surface area (Å²) in [6, 6.07) is 13.4. The zero-order valence-corrected chi connectivity index (χ0v) is 16.9. The van der Waals surface area contributed by atoms with E-state index in [2.05, 4.69) is 0 Å². The van der Waals surface area contributed by atoms with Crippen LogP contribution in [0.5, 0.6) is 5.75 Å². The van der Waals surface area contributed by atoms with E-state index < -0.39 is 5.60 Å². The highest BCUT2D eigenvalue weighted by atomic mass is 16.5. The summed E-state index contributed by atoms with van der Waals surface area (Å²) in [6.07, 6.45) is 6.32. The zero-order valence-electron chi connectivity index (χ0n) is 16.9. The predicted molar refractivity (Wildman–Crippen MR) is 113 cm³/mol. The first-order valence-corrected chi connectivity index (χ1v) is 9.52. The Morgan fingerprint density at radius 3 is 2.50 bits per heavy atom. The van der Waals surface area contributed by atoms with Crippen LogP contribution in [0.15, 0.2) is 60.7 Å². The number of benzene rings is 2. The van der Waals surface area contributed by atoms with E-state index in [-0.39, 0.29) is 13.2 Å². The molecule has 4 heteroatoms. The molecule has 0 aliphatic rings. The van der Waals surface area contributed by atoms with Crippen LogP contribution < -0.4 is 4.74 Å². The summed E-state index contributed by atoms with van der Waals surface area (Å²) in [7, 11) is 0. The van der Waals surface area contributed by atoms with Crippen molar-refractivity contribution in [3.8, 4) is 5.75 Å². The van der Waals surface area contributed by atoms with Crippen LogP contribution in [0, 0.1) is 0 Å². The molecular weight excluding hydrogens is 352 g/mol. The number of hydrogen-bond acceptors (Lipinski definition) is 4. The average Bonchev–Trinajstić information content (AvgIpc) is 2.72. The number of aliphatic hydroxyl groups is 3. The third-order valence-electron chi connectivity index (χ3n) is 4.82. The van der Waals surface area contributed by atoms with Gasteiger partial charge in [-0.25, -0.2) is 0 Å². The number of aliphatic hydroxyl groups excluding tert-OH is 2. The molecule has 0 amide bonds. The molecule has 0 aliphatic carbocycles. The molecular formula is C24H30O4. The summed E-state index contributed by atoms with van der Waals surface area (Å²) < 4.78 is 5.90. The standard InChI is InChI=1S/C24H30O4/c1-4-24(3,27)12-6-7-18(2)20-8-5-9-23(14-20)28-17-19-10-11-21(15-25)22(13-19)16-26/h5-14,25-27H,4,15-17H2,1-3H3. The monoisotopic (exact) mass is 382 g/mol. The van der Waals surface area contributed by atoms with Gasteiger partial charge in [-0.05, 0) is 66.3 Å². The third kappa shape index (κ3) is 6.34. The minimum Gasteiger partial charge on any atom is -0.489 e. The van der Waals surface area contributed by atoms with E-state index >= 15 is 0 Å². The maximum Gasteiger partial charge on any atom is 0.120 e. The van der Waals surface area contributed by atoms with E-state index in [1.54, 1.807) is 13.0 Å². The normalized spacial score (nSPS) is 14.3. The fraction of sp³-hybridized carbons (Fsp3) is 0.333. The van der Waals surface area contributed by atoms with Crippen molar-refractivity contribution >= 4 is 5.57 Å². The molecule has 4 nitrogen and oxygen atoms in total. The highest BCUT2D eigenvalue weighted by molar-refractivity contribution is 5.66. The van der Waals surface area contributed by atoms with Gasteiger partial charge < -0.3 is 20.1 Å². The number of rotatable bonds is 9. The predicted octanol–water partition coefficient (Wildman–Crippen LogP) is 4.37. The van der Waals surface area contributed by atoms with Crippen LogP contribution in [0.4, 0.5) is 0 Å². The third-order valence-corrected chi connectivity index (χ3v) is 4.82. The molecule has 0 radical (unpaired) electrons. The van der Waals surface area contributed by atoms with Crippen molar-refractivity contribution in [2.45, 2.75) is 52.6 Å². The Morgan fingerprint density at radius 1 is 1.07 bits per heavy atom. The largest absolute Gasteiger partial charge is 0.489 e. The quantitative estimate of drug-likeness (QED) is 0.563. The highest BCUT2D eigenvalue weighted by Crippen LogP contribution is 2.22. The highest BCUT2D eigenvalue weighted by Gasteiger charge is 2.11. The molecule has 0 saturated carbocycles. The molecule has 1 unspecified atom stereocenters. The lowest BCUT2D eigenvalue weighted by Gasteiger charge is -2.15. The number of allylic oxidation sites excluding steroid dienone is 3. The lowest BCUT2D eigenvalue weighted by atomic mass is 10.0. The summed E-state index contributed by atoms with van der Waals surface area (Å²) in [4.78, 5) is 0. The topological polar surface area (TPSA) is 69.9 Å². The minimum absolute atomic E-state index is 0.0905. The van der Waals surface area contributed by atoms with Crippen molar-refractivity contribution in [1.82, 2.24) is 0 Å². The molecule has 0 saturated heterocycles. The SMILES string of the molecule is CCC(C)(O)C=CC=C(C)c1cccc(OCc2ccc(CO)c(CO)c2)c1. The van der Waals surface area contributed by atoms with Crippen molar-refractivity contribution in [2.24, 2.45) is 0 Å². The van der Waals surface area contributed by atoms with Gasteiger partial charge in [-0.15, -0.1) is 0 Å². The smallest absolute Gasteiger partial charge is 0.120 e. The molecule has 1 atom stereocenters. The molecule has 150 valence electrons. The van der Waals surface area contributed by atoms with Crippen molar-refractivity contribution in [1.29, 1.82) is 0 Å². The van der Waals surface area contributed by atoms with E-state index in [1.165, 1.54) is 0 Å². The summed E-state index contributed by atoms with van der Waals surface area (Å²) in [5.41, 5.74) is 3.70. The molecule has 3 N–H and O–H groups in total. The van der Waals surface area contributed by atoms with Crippen LogP contribution in [-0.2, 0) is 19.8 Å². The molecule has 2 rings (SSSR count). The summed E-state index contributed by atoms with van der Waals surface area (Å²) in [5.74, 6) is 0.756. The fourth-order valence-electron chi connectivity index (χ4n) is 2.68. The van der Waals surface area contributed by atoms with Crippen LogP contribution in [-0.4, -0.2) is 20.9 Å². The van der Waals surface area contributed by atoms with Crippen LogP contribution in [0.1, 0.15) is 49.4 Å². The van der Waals surface area contributed by atoms with E-state index in [1.807, 2.05) is 68.5 Å². The first-order chi connectivity index (χ1) is 13.4. The van der Waals surface area contributed by atoms with Crippen LogP contribution in [0.3, 0.4) is 0 Å². The molecule has 0 aromatic heterocycles. The molecule has 2 aromatic rings. The molecule has 0 bridgehead atoms. The second kappa shape index (κ2) is 10.2. The summed E-state index contributed by atoms with van der Waals surface area (Å²) in [6.45, 7) is 5.93. The van der Waals surface area contributed by atoms with Gasteiger partial charge in [0, 0.05) is 0 Å². The van der Waals surface area contributed by atoms with Gasteiger partial charge in [-0.2, -0.15) is 0 Å². The average molecular weight is 383 g/mol. The molecule has 0 spiro atoms. The minimum atomic E-state index is -0.791. The first-order valence-electron chi connectivity index (χ1n) is 9.52. The summed E-state index contributed by atoms with van der Waals surface area (Å²) in [5, 5.41) is 28.7. The van der Waals surface area contributed by atoms with Gasteiger partial charge in [0.15, 0.2) is 0 Å². The Bertz CT molecular complexity index is 834. The van der Waals surface area contributed by atoms with E-state index in [0.29, 0.717) is 18.6 Å². The van der Waals surface area contributed by atoms with Crippen molar-refractivity contribution < 1.29 is 20.1 Å². The Balaban J connectivity index is 2.07. The maximum atomic E-state index is 10.0. The zero-order chi connectivity index (χ0) is 20.6. The van der Waals surface area contributed by atoms with Gasteiger partial charge in [0.05, 0.1) is 18.8 Å². The van der Waals surface area contributed by atoms with Gasteiger partial charge in [0.1, 0.15) is 12.4 Å². The molecule has 28 heavy (non-hydrogen) atoms. The number of hydrogen-bond donors (Lipinski definition) is 3. The van der Waals surface area contributed by atoms with Crippen molar-refractivity contribution in [2.75, 3.05) is 0 Å². The first kappa shape index (κ1) is 21.9. The van der Waals surface area contributed by atoms with Gasteiger partial charge in [-0.3, -0.25) is 0 Å². The molecule has 2 aromatic carbocycles. The Kier molecular flexibility index (Phi) is 8.00. The molecule has 0 aliphatic heterocycles. The van der Waals surface area contributed by atoms with E-state index in [4.69, 9.17) is 4.74 Å². The number of ether oxygens (including phenoxy) is 1. The van der Waals surface area contributed by atoms with Gasteiger partial charge in [-0.1, -0.05) is 49.4 Å². The summed E-state index contributed by atoms with van der Waals surface area (Å²) >= 11 is 0.